The van der Waals surface area contributed by atoms with Gasteiger partial charge in [-0.2, -0.15) is 0 Å². The lowest BCUT2D eigenvalue weighted by molar-refractivity contribution is 0.171. The standard InChI is InChI=1S/C13H13ClN2O2/c14-11-7-10(9-15-16-3-1-2-4-16)8-12-13(11)18-6-5-17-12/h1-4,7-8,15H,5-6,9H2. The summed E-state index contributed by atoms with van der Waals surface area (Å²) in [6.07, 6.45) is 3.89. The third-order valence-corrected chi connectivity index (χ3v) is 3.01. The second kappa shape index (κ2) is 4.82. The predicted molar refractivity (Wildman–Crippen MR) is 69.9 cm³/mol. The number of hydrogen-bond donors (Lipinski definition) is 1. The monoisotopic (exact) mass is 264 g/mol. The molecule has 1 aliphatic rings. The fourth-order valence-corrected chi connectivity index (χ4v) is 2.18. The third-order valence-electron chi connectivity index (χ3n) is 2.73. The molecule has 0 saturated heterocycles. The second-order valence-corrected chi connectivity index (χ2v) is 4.43. The summed E-state index contributed by atoms with van der Waals surface area (Å²) in [5.74, 6) is 1.37. The zero-order valence-corrected chi connectivity index (χ0v) is 10.5. The lowest BCUT2D eigenvalue weighted by Crippen LogP contribution is -2.17. The highest BCUT2D eigenvalue weighted by Gasteiger charge is 2.16. The van der Waals surface area contributed by atoms with Gasteiger partial charge in [-0.1, -0.05) is 11.6 Å². The van der Waals surface area contributed by atoms with Crippen molar-refractivity contribution in [2.75, 3.05) is 18.6 Å². The summed E-state index contributed by atoms with van der Waals surface area (Å²) >= 11 is 6.17. The van der Waals surface area contributed by atoms with Gasteiger partial charge >= 0.3 is 0 Å². The molecular formula is C13H13ClN2O2. The Morgan fingerprint density at radius 2 is 1.94 bits per heavy atom. The van der Waals surface area contributed by atoms with Crippen molar-refractivity contribution in [2.45, 2.75) is 6.54 Å². The van der Waals surface area contributed by atoms with Gasteiger partial charge in [-0.3, -0.25) is 4.68 Å². The molecule has 18 heavy (non-hydrogen) atoms. The van der Waals surface area contributed by atoms with Gasteiger partial charge < -0.3 is 14.9 Å². The van der Waals surface area contributed by atoms with E-state index in [-0.39, 0.29) is 0 Å². The maximum Gasteiger partial charge on any atom is 0.179 e. The normalized spacial score (nSPS) is 13.4. The highest BCUT2D eigenvalue weighted by atomic mass is 35.5. The van der Waals surface area contributed by atoms with E-state index in [9.17, 15) is 0 Å². The molecule has 0 saturated carbocycles. The summed E-state index contributed by atoms with van der Waals surface area (Å²) in [5, 5.41) is 0.594. The van der Waals surface area contributed by atoms with Crippen LogP contribution in [0.1, 0.15) is 5.56 Å². The number of nitrogens with zero attached hydrogens (tertiary/aromatic N) is 1. The first-order valence-electron chi connectivity index (χ1n) is 5.78. The van der Waals surface area contributed by atoms with Crippen LogP contribution in [0.25, 0.3) is 0 Å². The molecule has 0 amide bonds. The lowest BCUT2D eigenvalue weighted by atomic mass is 10.2. The Hall–Kier alpha value is -1.81. The molecule has 1 aromatic carbocycles. The van der Waals surface area contributed by atoms with Gasteiger partial charge in [-0.05, 0) is 29.8 Å². The van der Waals surface area contributed by atoms with Crippen LogP contribution in [0.2, 0.25) is 5.02 Å². The summed E-state index contributed by atoms with van der Waals surface area (Å²) in [6.45, 7) is 1.79. The van der Waals surface area contributed by atoms with Crippen molar-refractivity contribution in [2.24, 2.45) is 0 Å². The van der Waals surface area contributed by atoms with Crippen molar-refractivity contribution < 1.29 is 9.47 Å². The molecule has 94 valence electrons. The topological polar surface area (TPSA) is 35.4 Å². The number of ether oxygens (including phenoxy) is 2. The van der Waals surface area contributed by atoms with E-state index in [0.29, 0.717) is 30.5 Å². The van der Waals surface area contributed by atoms with Crippen molar-refractivity contribution in [1.29, 1.82) is 0 Å². The zero-order valence-electron chi connectivity index (χ0n) is 9.73. The van der Waals surface area contributed by atoms with Crippen LogP contribution in [0.4, 0.5) is 0 Å². The second-order valence-electron chi connectivity index (χ2n) is 4.03. The van der Waals surface area contributed by atoms with Crippen LogP contribution in [0.3, 0.4) is 0 Å². The molecule has 1 N–H and O–H groups in total. The van der Waals surface area contributed by atoms with Crippen LogP contribution in [0, 0.1) is 0 Å². The van der Waals surface area contributed by atoms with E-state index in [1.165, 1.54) is 0 Å². The van der Waals surface area contributed by atoms with Crippen molar-refractivity contribution in [1.82, 2.24) is 4.68 Å². The summed E-state index contributed by atoms with van der Waals surface area (Å²) in [5.41, 5.74) is 4.29. The van der Waals surface area contributed by atoms with E-state index in [4.69, 9.17) is 21.1 Å². The van der Waals surface area contributed by atoms with E-state index < -0.39 is 0 Å². The largest absolute Gasteiger partial charge is 0.486 e. The van der Waals surface area contributed by atoms with Crippen molar-refractivity contribution in [3.05, 3.63) is 47.2 Å². The van der Waals surface area contributed by atoms with Gasteiger partial charge in [-0.25, -0.2) is 0 Å². The Bertz CT molecular complexity index is 540. The molecule has 0 atom stereocenters. The highest BCUT2D eigenvalue weighted by Crippen LogP contribution is 2.38. The first-order valence-corrected chi connectivity index (χ1v) is 6.15. The first kappa shape index (κ1) is 11.3. The zero-order chi connectivity index (χ0) is 12.4. The van der Waals surface area contributed by atoms with Gasteiger partial charge in [0.05, 0.1) is 11.6 Å². The number of rotatable bonds is 3. The number of halogens is 1. The molecule has 0 unspecified atom stereocenters. The van der Waals surface area contributed by atoms with Crippen LogP contribution < -0.4 is 14.9 Å². The number of aromatic nitrogens is 1. The molecule has 4 nitrogen and oxygen atoms in total. The maximum absolute atomic E-state index is 6.17. The third kappa shape index (κ3) is 2.24. The van der Waals surface area contributed by atoms with E-state index in [1.54, 1.807) is 0 Å². The summed E-state index contributed by atoms with van der Waals surface area (Å²) in [6, 6.07) is 7.77. The highest BCUT2D eigenvalue weighted by molar-refractivity contribution is 6.32. The smallest absolute Gasteiger partial charge is 0.179 e. The van der Waals surface area contributed by atoms with Crippen molar-refractivity contribution in [3.63, 3.8) is 0 Å². The van der Waals surface area contributed by atoms with E-state index in [1.807, 2.05) is 41.3 Å². The van der Waals surface area contributed by atoms with Crippen molar-refractivity contribution in [3.8, 4) is 11.5 Å². The molecule has 0 fully saturated rings. The number of hydrogen-bond acceptors (Lipinski definition) is 3. The van der Waals surface area contributed by atoms with E-state index in [0.717, 1.165) is 11.3 Å². The van der Waals surface area contributed by atoms with Gasteiger partial charge in [0.15, 0.2) is 11.5 Å². The Morgan fingerprint density at radius 3 is 2.78 bits per heavy atom. The minimum absolute atomic E-state index is 0.549. The van der Waals surface area contributed by atoms with Gasteiger partial charge in [0.2, 0.25) is 0 Å². The van der Waals surface area contributed by atoms with E-state index >= 15 is 0 Å². The van der Waals surface area contributed by atoms with E-state index in [2.05, 4.69) is 5.43 Å². The van der Waals surface area contributed by atoms with Crippen LogP contribution >= 0.6 is 11.6 Å². The number of fused-ring (bicyclic) bond motifs is 1. The minimum Gasteiger partial charge on any atom is -0.486 e. The minimum atomic E-state index is 0.549. The molecule has 0 radical (unpaired) electrons. The quantitative estimate of drug-likeness (QED) is 0.926. The average molecular weight is 265 g/mol. The molecule has 1 aliphatic heterocycles. The van der Waals surface area contributed by atoms with Gasteiger partial charge in [0, 0.05) is 12.4 Å². The Kier molecular flexibility index (Phi) is 3.02. The molecule has 2 aromatic rings. The Labute approximate surface area is 110 Å². The van der Waals surface area contributed by atoms with Crippen LogP contribution in [0.5, 0.6) is 11.5 Å². The van der Waals surface area contributed by atoms with Crippen LogP contribution in [-0.4, -0.2) is 17.9 Å². The summed E-state index contributed by atoms with van der Waals surface area (Å²) in [7, 11) is 0. The van der Waals surface area contributed by atoms with Crippen LogP contribution in [0.15, 0.2) is 36.7 Å². The van der Waals surface area contributed by atoms with Crippen LogP contribution in [-0.2, 0) is 6.54 Å². The molecule has 0 spiro atoms. The molecule has 0 aliphatic carbocycles. The average Bonchev–Trinajstić information content (AvgIpc) is 2.90. The Balaban J connectivity index is 1.78. The number of nitrogens with one attached hydrogen (secondary N) is 1. The molecule has 3 rings (SSSR count). The molecule has 5 heteroatoms. The van der Waals surface area contributed by atoms with Crippen molar-refractivity contribution >= 4 is 11.6 Å². The molecule has 0 bridgehead atoms. The Morgan fingerprint density at radius 1 is 1.17 bits per heavy atom. The fraction of sp³-hybridized carbons (Fsp3) is 0.231. The molecule has 2 heterocycles. The molecule has 1 aromatic heterocycles. The summed E-state index contributed by atoms with van der Waals surface area (Å²) < 4.78 is 12.9. The summed E-state index contributed by atoms with van der Waals surface area (Å²) in [4.78, 5) is 0. The first-order chi connectivity index (χ1) is 8.83. The fourth-order valence-electron chi connectivity index (χ4n) is 1.89. The van der Waals surface area contributed by atoms with Gasteiger partial charge in [0.1, 0.15) is 13.2 Å². The maximum atomic E-state index is 6.17. The van der Waals surface area contributed by atoms with Gasteiger partial charge in [-0.15, -0.1) is 0 Å². The lowest BCUT2D eigenvalue weighted by Gasteiger charge is -2.20. The predicted octanol–water partition coefficient (Wildman–Crippen LogP) is 2.66. The van der Waals surface area contributed by atoms with Gasteiger partial charge in [0.25, 0.3) is 0 Å². The SMILES string of the molecule is Clc1cc(CNn2cccc2)cc2c1OCCO2. The molecular weight excluding hydrogens is 252 g/mol. The number of benzene rings is 1.